The van der Waals surface area contributed by atoms with Crippen LogP contribution in [0.2, 0.25) is 0 Å². The standard InChI is InChI=1S/C11H15NO4/c1-7-8(10(13)15-3)5-12(2)6-9(7)11(14)16-4/h5-7H,1-4H3. The highest BCUT2D eigenvalue weighted by Gasteiger charge is 2.29. The van der Waals surface area contributed by atoms with Gasteiger partial charge in [-0.05, 0) is 0 Å². The molecule has 1 aliphatic rings. The predicted octanol–water partition coefficient (Wildman–Crippen LogP) is 0.682. The summed E-state index contributed by atoms with van der Waals surface area (Å²) in [6.07, 6.45) is 3.28. The van der Waals surface area contributed by atoms with Crippen molar-refractivity contribution in [3.8, 4) is 0 Å². The molecule has 0 aromatic heterocycles. The van der Waals surface area contributed by atoms with Crippen LogP contribution >= 0.6 is 0 Å². The van der Waals surface area contributed by atoms with Gasteiger partial charge in [0.25, 0.3) is 0 Å². The van der Waals surface area contributed by atoms with Crippen LogP contribution in [0.3, 0.4) is 0 Å². The van der Waals surface area contributed by atoms with Crippen LogP contribution in [0.5, 0.6) is 0 Å². The Morgan fingerprint density at radius 1 is 1.12 bits per heavy atom. The van der Waals surface area contributed by atoms with Gasteiger partial charge in [0.1, 0.15) is 0 Å². The molecule has 0 bridgehead atoms. The van der Waals surface area contributed by atoms with E-state index in [0.29, 0.717) is 11.1 Å². The smallest absolute Gasteiger partial charge is 0.335 e. The van der Waals surface area contributed by atoms with Crippen LogP contribution in [0.1, 0.15) is 6.92 Å². The molecule has 0 radical (unpaired) electrons. The third kappa shape index (κ3) is 2.24. The second-order valence-corrected chi connectivity index (χ2v) is 3.54. The van der Waals surface area contributed by atoms with Crippen molar-refractivity contribution in [3.63, 3.8) is 0 Å². The van der Waals surface area contributed by atoms with Gasteiger partial charge in [-0.15, -0.1) is 0 Å². The average molecular weight is 225 g/mol. The zero-order chi connectivity index (χ0) is 12.3. The largest absolute Gasteiger partial charge is 0.466 e. The van der Waals surface area contributed by atoms with Crippen molar-refractivity contribution < 1.29 is 19.1 Å². The third-order valence-electron chi connectivity index (χ3n) is 2.46. The topological polar surface area (TPSA) is 55.8 Å². The van der Waals surface area contributed by atoms with E-state index in [2.05, 4.69) is 9.47 Å². The number of hydrogen-bond acceptors (Lipinski definition) is 5. The van der Waals surface area contributed by atoms with Crippen LogP contribution in [-0.4, -0.2) is 38.1 Å². The SMILES string of the molecule is COC(=O)C1=CN(C)C=C(C(=O)OC)C1C. The van der Waals surface area contributed by atoms with E-state index in [9.17, 15) is 9.59 Å². The first-order valence-electron chi connectivity index (χ1n) is 4.83. The molecular formula is C11H15NO4. The maximum atomic E-state index is 11.5. The van der Waals surface area contributed by atoms with Crippen LogP contribution in [0, 0.1) is 5.92 Å². The fourth-order valence-corrected chi connectivity index (χ4v) is 1.56. The van der Waals surface area contributed by atoms with Gasteiger partial charge in [-0.1, -0.05) is 6.92 Å². The van der Waals surface area contributed by atoms with Crippen LogP contribution in [0.15, 0.2) is 23.5 Å². The molecule has 1 rings (SSSR count). The van der Waals surface area contributed by atoms with Gasteiger partial charge in [0.15, 0.2) is 0 Å². The van der Waals surface area contributed by atoms with Crippen molar-refractivity contribution in [1.82, 2.24) is 4.90 Å². The summed E-state index contributed by atoms with van der Waals surface area (Å²) in [6, 6.07) is 0. The van der Waals surface area contributed by atoms with E-state index in [-0.39, 0.29) is 5.92 Å². The van der Waals surface area contributed by atoms with E-state index in [1.54, 1.807) is 31.3 Å². The molecule has 0 unspecified atom stereocenters. The third-order valence-corrected chi connectivity index (χ3v) is 2.46. The van der Waals surface area contributed by atoms with Crippen molar-refractivity contribution in [3.05, 3.63) is 23.5 Å². The number of methoxy groups -OCH3 is 2. The molecule has 5 heteroatoms. The van der Waals surface area contributed by atoms with E-state index in [4.69, 9.17) is 0 Å². The summed E-state index contributed by atoms with van der Waals surface area (Å²) < 4.78 is 9.31. The number of carbonyl (C=O) groups is 2. The fourth-order valence-electron chi connectivity index (χ4n) is 1.56. The summed E-state index contributed by atoms with van der Waals surface area (Å²) in [5.74, 6) is -1.20. The Bertz CT molecular complexity index is 336. The molecule has 0 fully saturated rings. The predicted molar refractivity (Wildman–Crippen MR) is 57.1 cm³/mol. The lowest BCUT2D eigenvalue weighted by Crippen LogP contribution is -2.26. The number of nitrogens with zero attached hydrogens (tertiary/aromatic N) is 1. The Morgan fingerprint density at radius 3 is 1.81 bits per heavy atom. The Balaban J connectivity index is 3.02. The van der Waals surface area contributed by atoms with Crippen molar-refractivity contribution in [2.24, 2.45) is 5.92 Å². The van der Waals surface area contributed by atoms with Gasteiger partial charge >= 0.3 is 11.9 Å². The molecule has 0 aromatic carbocycles. The molecule has 0 amide bonds. The minimum Gasteiger partial charge on any atom is -0.466 e. The van der Waals surface area contributed by atoms with E-state index in [1.165, 1.54) is 14.2 Å². The molecule has 0 aliphatic carbocycles. The maximum Gasteiger partial charge on any atom is 0.335 e. The van der Waals surface area contributed by atoms with Gasteiger partial charge in [-0.3, -0.25) is 0 Å². The minimum atomic E-state index is -0.436. The molecule has 0 N–H and O–H groups in total. The molecule has 16 heavy (non-hydrogen) atoms. The summed E-state index contributed by atoms with van der Waals surface area (Å²) in [4.78, 5) is 24.6. The second kappa shape index (κ2) is 4.83. The Labute approximate surface area is 94.3 Å². The van der Waals surface area contributed by atoms with Gasteiger partial charge in [-0.25, -0.2) is 9.59 Å². The number of hydrogen-bond donors (Lipinski definition) is 0. The van der Waals surface area contributed by atoms with Crippen molar-refractivity contribution in [2.75, 3.05) is 21.3 Å². The van der Waals surface area contributed by atoms with Crippen molar-refractivity contribution >= 4 is 11.9 Å². The van der Waals surface area contributed by atoms with Gasteiger partial charge in [0.2, 0.25) is 0 Å². The van der Waals surface area contributed by atoms with Crippen molar-refractivity contribution in [2.45, 2.75) is 6.92 Å². The summed E-state index contributed by atoms with van der Waals surface area (Å²) in [5.41, 5.74) is 0.876. The number of carbonyl (C=O) groups excluding carboxylic acids is 2. The first kappa shape index (κ1) is 12.3. The van der Waals surface area contributed by atoms with E-state index < -0.39 is 11.9 Å². The fraction of sp³-hybridized carbons (Fsp3) is 0.455. The highest BCUT2D eigenvalue weighted by Crippen LogP contribution is 2.26. The van der Waals surface area contributed by atoms with Crippen LogP contribution in [0.4, 0.5) is 0 Å². The van der Waals surface area contributed by atoms with Gasteiger partial charge in [0.05, 0.1) is 25.4 Å². The van der Waals surface area contributed by atoms with Gasteiger partial charge in [-0.2, -0.15) is 0 Å². The maximum absolute atomic E-state index is 11.5. The van der Waals surface area contributed by atoms with E-state index in [0.717, 1.165) is 0 Å². The lowest BCUT2D eigenvalue weighted by Gasteiger charge is -2.24. The summed E-state index contributed by atoms with van der Waals surface area (Å²) in [5, 5.41) is 0. The zero-order valence-corrected chi connectivity index (χ0v) is 9.81. The molecule has 0 atom stereocenters. The number of ether oxygens (including phenoxy) is 2. The molecule has 0 spiro atoms. The summed E-state index contributed by atoms with van der Waals surface area (Å²) in [7, 11) is 4.36. The first-order chi connectivity index (χ1) is 7.51. The Morgan fingerprint density at radius 2 is 1.50 bits per heavy atom. The lowest BCUT2D eigenvalue weighted by atomic mass is 9.91. The van der Waals surface area contributed by atoms with E-state index in [1.807, 2.05) is 0 Å². The monoisotopic (exact) mass is 225 g/mol. The molecule has 1 heterocycles. The highest BCUT2D eigenvalue weighted by atomic mass is 16.5. The molecule has 0 aromatic rings. The first-order valence-corrected chi connectivity index (χ1v) is 4.83. The quantitative estimate of drug-likeness (QED) is 0.647. The summed E-state index contributed by atoms with van der Waals surface area (Å²) >= 11 is 0. The molecule has 0 saturated carbocycles. The molecule has 1 aliphatic heterocycles. The van der Waals surface area contributed by atoms with Crippen molar-refractivity contribution in [1.29, 1.82) is 0 Å². The normalized spacial score (nSPS) is 16.4. The number of esters is 2. The van der Waals surface area contributed by atoms with E-state index >= 15 is 0 Å². The highest BCUT2D eigenvalue weighted by molar-refractivity contribution is 5.96. The molecule has 0 saturated heterocycles. The molecule has 5 nitrogen and oxygen atoms in total. The Hall–Kier alpha value is -1.78. The Kier molecular flexibility index (Phi) is 3.71. The minimum absolute atomic E-state index is 0.323. The van der Waals surface area contributed by atoms with Crippen LogP contribution < -0.4 is 0 Å². The molecule has 88 valence electrons. The number of rotatable bonds is 2. The molecular weight excluding hydrogens is 210 g/mol. The van der Waals surface area contributed by atoms with Gasteiger partial charge in [0, 0.05) is 25.4 Å². The second-order valence-electron chi connectivity index (χ2n) is 3.54. The summed E-state index contributed by atoms with van der Waals surface area (Å²) in [6.45, 7) is 1.76. The van der Waals surface area contributed by atoms with Gasteiger partial charge < -0.3 is 14.4 Å². The zero-order valence-electron chi connectivity index (χ0n) is 9.81. The van der Waals surface area contributed by atoms with Crippen LogP contribution in [-0.2, 0) is 19.1 Å². The van der Waals surface area contributed by atoms with Crippen LogP contribution in [0.25, 0.3) is 0 Å². The lowest BCUT2D eigenvalue weighted by molar-refractivity contribution is -0.137. The average Bonchev–Trinajstić information content (AvgIpc) is 2.29.